The van der Waals surface area contributed by atoms with Gasteiger partial charge in [-0.15, -0.1) is 0 Å². The summed E-state index contributed by atoms with van der Waals surface area (Å²) in [7, 11) is 0. The van der Waals surface area contributed by atoms with Crippen molar-refractivity contribution in [2.45, 2.75) is 32.0 Å². The fraction of sp³-hybridized carbons (Fsp3) is 0.162. The van der Waals surface area contributed by atoms with Crippen LogP contribution in [-0.2, 0) is 35.5 Å². The lowest BCUT2D eigenvalue weighted by atomic mass is 9.97. The maximum atomic E-state index is 14.5. The predicted octanol–water partition coefficient (Wildman–Crippen LogP) is 6.43. The molecule has 3 aromatic carbocycles. The molecule has 0 fully saturated rings. The van der Waals surface area contributed by atoms with Crippen LogP contribution < -0.4 is 0 Å². The molecule has 0 unspecified atom stereocenters. The van der Waals surface area contributed by atoms with Gasteiger partial charge < -0.3 is 9.80 Å². The lowest BCUT2D eigenvalue weighted by Gasteiger charge is -2.37. The molecule has 0 radical (unpaired) electrons. The molecule has 0 saturated heterocycles. The Hall–Kier alpha value is -5.14. The molecule has 45 heavy (non-hydrogen) atoms. The molecular weight excluding hydrogens is 582 g/mol. The summed E-state index contributed by atoms with van der Waals surface area (Å²) >= 11 is 5.96. The minimum Gasteiger partial charge on any atom is -0.336 e. The molecule has 3 heterocycles. The summed E-state index contributed by atoms with van der Waals surface area (Å²) < 4.78 is 0. The van der Waals surface area contributed by atoms with Gasteiger partial charge in [-0.05, 0) is 46.4 Å². The van der Waals surface area contributed by atoms with Crippen LogP contribution in [0.2, 0.25) is 5.15 Å². The van der Waals surface area contributed by atoms with E-state index < -0.39 is 6.04 Å². The molecule has 0 bridgehead atoms. The van der Waals surface area contributed by atoms with Gasteiger partial charge in [0.1, 0.15) is 11.2 Å². The van der Waals surface area contributed by atoms with Crippen molar-refractivity contribution >= 4 is 29.5 Å². The smallest absolute Gasteiger partial charge is 0.247 e. The first-order valence-corrected chi connectivity index (χ1v) is 15.3. The number of carbonyl (C=O) groups is 2. The zero-order chi connectivity index (χ0) is 31.0. The highest BCUT2D eigenvalue weighted by molar-refractivity contribution is 6.29. The quantitative estimate of drug-likeness (QED) is 0.141. The second kappa shape index (κ2) is 14.1. The Morgan fingerprint density at radius 2 is 1.62 bits per heavy atom. The van der Waals surface area contributed by atoms with E-state index in [4.69, 9.17) is 11.6 Å². The normalized spacial score (nSPS) is 13.3. The van der Waals surface area contributed by atoms with Gasteiger partial charge >= 0.3 is 0 Å². The first-order chi connectivity index (χ1) is 22.0. The number of pyridine rings is 1. The fourth-order valence-electron chi connectivity index (χ4n) is 5.58. The molecule has 7 nitrogen and oxygen atoms in total. The van der Waals surface area contributed by atoms with Crippen molar-refractivity contribution in [2.24, 2.45) is 0 Å². The Balaban J connectivity index is 1.34. The Bertz CT molecular complexity index is 1780. The Kier molecular flexibility index (Phi) is 9.37. The second-order valence-electron chi connectivity index (χ2n) is 11.0. The topological polar surface area (TPSA) is 79.3 Å². The Morgan fingerprint density at radius 3 is 2.36 bits per heavy atom. The third-order valence-electron chi connectivity index (χ3n) is 7.99. The largest absolute Gasteiger partial charge is 0.336 e. The minimum atomic E-state index is -0.724. The molecule has 2 aromatic heterocycles. The first kappa shape index (κ1) is 29.9. The second-order valence-corrected chi connectivity index (χ2v) is 11.4. The zero-order valence-electron chi connectivity index (χ0n) is 24.7. The summed E-state index contributed by atoms with van der Waals surface area (Å²) in [5.74, 6) is -0.339. The number of nitrogens with zero attached hydrogens (tertiary/aromatic N) is 5. The van der Waals surface area contributed by atoms with Crippen molar-refractivity contribution in [3.05, 3.63) is 155 Å². The molecule has 6 rings (SSSR count). The van der Waals surface area contributed by atoms with E-state index >= 15 is 0 Å². The summed E-state index contributed by atoms with van der Waals surface area (Å²) in [5.41, 5.74) is 6.70. The summed E-state index contributed by atoms with van der Waals surface area (Å²) in [6.45, 7) is 1.36. The monoisotopic (exact) mass is 613 g/mol. The van der Waals surface area contributed by atoms with Crippen molar-refractivity contribution in [3.63, 3.8) is 0 Å². The highest BCUT2D eigenvalue weighted by Gasteiger charge is 2.34. The molecule has 0 saturated carbocycles. The number of benzene rings is 3. The van der Waals surface area contributed by atoms with E-state index in [9.17, 15) is 9.59 Å². The summed E-state index contributed by atoms with van der Waals surface area (Å²) in [6.07, 6.45) is 11.0. The van der Waals surface area contributed by atoms with Gasteiger partial charge in [0, 0.05) is 56.3 Å². The van der Waals surface area contributed by atoms with Crippen molar-refractivity contribution in [1.82, 2.24) is 24.8 Å². The number of carbonyl (C=O) groups excluding carboxylic acids is 2. The average Bonchev–Trinajstić information content (AvgIpc) is 3.10. The van der Waals surface area contributed by atoms with E-state index in [1.807, 2.05) is 71.6 Å². The molecule has 8 heteroatoms. The Labute approximate surface area is 267 Å². The van der Waals surface area contributed by atoms with Gasteiger partial charge in [-0.3, -0.25) is 19.6 Å². The van der Waals surface area contributed by atoms with Crippen LogP contribution in [0.1, 0.15) is 27.8 Å². The molecule has 2 amide bonds. The highest BCUT2D eigenvalue weighted by atomic mass is 35.5. The van der Waals surface area contributed by atoms with Crippen LogP contribution in [0, 0.1) is 0 Å². The van der Waals surface area contributed by atoms with Gasteiger partial charge in [-0.25, -0.2) is 4.98 Å². The van der Waals surface area contributed by atoms with Crippen LogP contribution in [0.3, 0.4) is 0 Å². The number of halogens is 1. The van der Waals surface area contributed by atoms with Gasteiger partial charge in [0.25, 0.3) is 0 Å². The van der Waals surface area contributed by atoms with Crippen LogP contribution in [0.5, 0.6) is 0 Å². The van der Waals surface area contributed by atoms with Gasteiger partial charge in [0.05, 0.1) is 11.9 Å². The third-order valence-corrected chi connectivity index (χ3v) is 8.22. The predicted molar refractivity (Wildman–Crippen MR) is 176 cm³/mol. The van der Waals surface area contributed by atoms with Gasteiger partial charge in [0.2, 0.25) is 11.8 Å². The van der Waals surface area contributed by atoms with E-state index in [0.717, 1.165) is 39.9 Å². The minimum absolute atomic E-state index is 0.0700. The van der Waals surface area contributed by atoms with Crippen LogP contribution >= 0.6 is 11.6 Å². The summed E-state index contributed by atoms with van der Waals surface area (Å²) in [6, 6.07) is 28.7. The molecule has 224 valence electrons. The van der Waals surface area contributed by atoms with Crippen LogP contribution in [0.15, 0.2) is 122 Å². The average molecular weight is 614 g/mol. The van der Waals surface area contributed by atoms with Crippen molar-refractivity contribution < 1.29 is 9.59 Å². The summed E-state index contributed by atoms with van der Waals surface area (Å²) in [5, 5.41) is 0.377. The maximum absolute atomic E-state index is 14.5. The van der Waals surface area contributed by atoms with Crippen LogP contribution in [-0.4, -0.2) is 49.2 Å². The van der Waals surface area contributed by atoms with Gasteiger partial charge in [0.15, 0.2) is 0 Å². The molecule has 1 atom stereocenters. The van der Waals surface area contributed by atoms with E-state index in [1.165, 1.54) is 11.6 Å². The number of fused-ring (bicyclic) bond motifs is 1. The van der Waals surface area contributed by atoms with E-state index in [-0.39, 0.29) is 18.4 Å². The standard InChI is InChI=1S/C37H32ClN5O2/c38-35-16-12-28(23-41-35)13-17-36(44)43(25-29-10-14-31(15-11-29)33-24-39-19-20-40-33)34(22-27-6-2-1-3-7-27)37(45)42-21-18-30-8-4-5-9-32(30)26-42/h1-17,19-20,23-24,34H,18,21-22,25-26H2/b17-13+/t34-/m0/s1. The Morgan fingerprint density at radius 1 is 0.844 bits per heavy atom. The molecule has 1 aliphatic rings. The molecule has 0 spiro atoms. The van der Waals surface area contributed by atoms with Crippen molar-refractivity contribution in [3.8, 4) is 11.3 Å². The number of hydrogen-bond donors (Lipinski definition) is 0. The summed E-state index contributed by atoms with van der Waals surface area (Å²) in [4.78, 5) is 44.8. The van der Waals surface area contributed by atoms with E-state index in [1.54, 1.807) is 47.9 Å². The van der Waals surface area contributed by atoms with Crippen LogP contribution in [0.4, 0.5) is 0 Å². The van der Waals surface area contributed by atoms with Gasteiger partial charge in [-0.2, -0.15) is 0 Å². The van der Waals surface area contributed by atoms with Crippen molar-refractivity contribution in [1.29, 1.82) is 0 Å². The van der Waals surface area contributed by atoms with E-state index in [2.05, 4.69) is 27.1 Å². The molecular formula is C37H32ClN5O2. The highest BCUT2D eigenvalue weighted by Crippen LogP contribution is 2.24. The molecule has 5 aromatic rings. The SMILES string of the molecule is O=C([C@H](Cc1ccccc1)N(Cc1ccc(-c2cnccn2)cc1)C(=O)/C=C/c1ccc(Cl)nc1)N1CCc2ccccc2C1. The maximum Gasteiger partial charge on any atom is 0.247 e. The van der Waals surface area contributed by atoms with Gasteiger partial charge in [-0.1, -0.05) is 96.5 Å². The number of rotatable bonds is 9. The zero-order valence-corrected chi connectivity index (χ0v) is 25.4. The number of amides is 2. The number of aromatic nitrogens is 3. The van der Waals surface area contributed by atoms with Crippen molar-refractivity contribution in [2.75, 3.05) is 6.54 Å². The lowest BCUT2D eigenvalue weighted by molar-refractivity contribution is -0.144. The van der Waals surface area contributed by atoms with E-state index in [0.29, 0.717) is 24.7 Å². The lowest BCUT2D eigenvalue weighted by Crippen LogP contribution is -2.52. The fourth-order valence-corrected chi connectivity index (χ4v) is 5.69. The molecule has 0 N–H and O–H groups in total. The first-order valence-electron chi connectivity index (χ1n) is 14.9. The third kappa shape index (κ3) is 7.51. The molecule has 1 aliphatic heterocycles. The molecule has 0 aliphatic carbocycles. The van der Waals surface area contributed by atoms with Crippen LogP contribution in [0.25, 0.3) is 17.3 Å². The number of hydrogen-bond acceptors (Lipinski definition) is 5.